The minimum atomic E-state index is 0.244. The highest BCUT2D eigenvalue weighted by atomic mass is 16.4. The molecule has 1 saturated heterocycles. The van der Waals surface area contributed by atoms with E-state index in [2.05, 4.69) is 66.5 Å². The summed E-state index contributed by atoms with van der Waals surface area (Å²) >= 11 is 0. The summed E-state index contributed by atoms with van der Waals surface area (Å²) in [5, 5.41) is 8.63. The van der Waals surface area contributed by atoms with E-state index in [1.54, 1.807) is 4.90 Å². The predicted octanol–water partition coefficient (Wildman–Crippen LogP) is 3.64. The Morgan fingerprint density at radius 1 is 1.04 bits per heavy atom. The molecule has 0 aliphatic carbocycles. The van der Waals surface area contributed by atoms with Crippen molar-refractivity contribution >= 4 is 0 Å². The summed E-state index contributed by atoms with van der Waals surface area (Å²) in [5.41, 5.74) is 3.66. The quantitative estimate of drug-likeness (QED) is 0.753. The van der Waals surface area contributed by atoms with Gasteiger partial charge in [-0.2, -0.15) is 0 Å². The molecule has 1 aliphatic rings. The van der Waals surface area contributed by atoms with Crippen LogP contribution in [0.2, 0.25) is 0 Å². The van der Waals surface area contributed by atoms with Crippen LogP contribution in [0.15, 0.2) is 59.0 Å². The Labute approximate surface area is 161 Å². The summed E-state index contributed by atoms with van der Waals surface area (Å²) in [5.74, 6) is 2.16. The van der Waals surface area contributed by atoms with Crippen molar-refractivity contribution in [1.82, 2.24) is 10.2 Å². The molecule has 0 unspecified atom stereocenters. The molecule has 3 aromatic rings. The molecule has 0 spiro atoms. The number of quaternary nitrogens is 1. The van der Waals surface area contributed by atoms with E-state index in [0.717, 1.165) is 17.4 Å². The molecule has 140 valence electrons. The van der Waals surface area contributed by atoms with Crippen LogP contribution in [0.4, 0.5) is 0 Å². The monoisotopic (exact) mass is 362 g/mol. The zero-order valence-corrected chi connectivity index (χ0v) is 16.2. The first kappa shape index (κ1) is 17.9. The van der Waals surface area contributed by atoms with Gasteiger partial charge in [0.2, 0.25) is 5.89 Å². The fourth-order valence-corrected chi connectivity index (χ4v) is 4.11. The zero-order chi connectivity index (χ0) is 18.6. The van der Waals surface area contributed by atoms with Gasteiger partial charge in [0.15, 0.2) is 6.04 Å². The van der Waals surface area contributed by atoms with Gasteiger partial charge in [0, 0.05) is 5.56 Å². The first-order chi connectivity index (χ1) is 13.2. The van der Waals surface area contributed by atoms with Crippen LogP contribution >= 0.6 is 0 Å². The first-order valence-corrected chi connectivity index (χ1v) is 9.98. The number of nitrogens with one attached hydrogen (secondary N) is 1. The molecule has 0 amide bonds. The van der Waals surface area contributed by atoms with Crippen LogP contribution in [0, 0.1) is 12.8 Å². The van der Waals surface area contributed by atoms with Crippen molar-refractivity contribution in [2.75, 3.05) is 13.1 Å². The highest BCUT2D eigenvalue weighted by molar-refractivity contribution is 5.53. The molecule has 4 heteroatoms. The average molecular weight is 362 g/mol. The smallest absolute Gasteiger partial charge is 0.274 e. The van der Waals surface area contributed by atoms with Crippen molar-refractivity contribution in [3.63, 3.8) is 0 Å². The minimum absolute atomic E-state index is 0.244. The molecule has 2 heterocycles. The summed E-state index contributed by atoms with van der Waals surface area (Å²) in [6, 6.07) is 19.3. The van der Waals surface area contributed by atoms with Crippen LogP contribution in [0.5, 0.6) is 0 Å². The summed E-state index contributed by atoms with van der Waals surface area (Å²) in [6.45, 7) is 6.62. The molecule has 0 saturated carbocycles. The lowest BCUT2D eigenvalue weighted by Gasteiger charge is -2.31. The van der Waals surface area contributed by atoms with Gasteiger partial charge in [-0.25, -0.2) is 0 Å². The number of nitrogens with zero attached hydrogens (tertiary/aromatic N) is 2. The Kier molecular flexibility index (Phi) is 5.35. The largest absolute Gasteiger partial charge is 0.415 e. The van der Waals surface area contributed by atoms with E-state index < -0.39 is 0 Å². The molecule has 0 bridgehead atoms. The number of benzene rings is 2. The second-order valence-corrected chi connectivity index (χ2v) is 7.83. The lowest BCUT2D eigenvalue weighted by Crippen LogP contribution is -3.13. The lowest BCUT2D eigenvalue weighted by atomic mass is 9.89. The molecule has 1 aromatic heterocycles. The second-order valence-electron chi connectivity index (χ2n) is 7.83. The van der Waals surface area contributed by atoms with E-state index >= 15 is 0 Å². The van der Waals surface area contributed by atoms with Crippen molar-refractivity contribution in [3.8, 4) is 11.5 Å². The highest BCUT2D eigenvalue weighted by Crippen LogP contribution is 2.22. The maximum Gasteiger partial charge on any atom is 0.274 e. The average Bonchev–Trinajstić information content (AvgIpc) is 3.19. The third-order valence-electron chi connectivity index (χ3n) is 5.80. The highest BCUT2D eigenvalue weighted by Gasteiger charge is 2.30. The summed E-state index contributed by atoms with van der Waals surface area (Å²) in [7, 11) is 0. The third-order valence-corrected chi connectivity index (χ3v) is 5.80. The van der Waals surface area contributed by atoms with Gasteiger partial charge in [-0.1, -0.05) is 48.0 Å². The van der Waals surface area contributed by atoms with Crippen molar-refractivity contribution in [1.29, 1.82) is 0 Å². The Bertz CT molecular complexity index is 866. The van der Waals surface area contributed by atoms with Crippen molar-refractivity contribution < 1.29 is 9.32 Å². The molecule has 0 radical (unpaired) electrons. The van der Waals surface area contributed by atoms with Crippen LogP contribution in [-0.2, 0) is 6.42 Å². The number of aryl methyl sites for hydroxylation is 1. The lowest BCUT2D eigenvalue weighted by molar-refractivity contribution is -0.936. The number of hydrogen-bond donors (Lipinski definition) is 1. The van der Waals surface area contributed by atoms with E-state index in [4.69, 9.17) is 4.42 Å². The Morgan fingerprint density at radius 3 is 2.56 bits per heavy atom. The molecule has 4 nitrogen and oxygen atoms in total. The van der Waals surface area contributed by atoms with E-state index in [9.17, 15) is 0 Å². The van der Waals surface area contributed by atoms with Crippen LogP contribution in [0.25, 0.3) is 11.5 Å². The molecule has 4 rings (SSSR count). The molecule has 1 fully saturated rings. The molecule has 2 aromatic carbocycles. The maximum absolute atomic E-state index is 6.02. The standard InChI is InChI=1S/C23H27N3O/c1-17-7-6-10-21(15-17)23-25-24-22(27-23)18(2)26-13-11-20(12-14-26)16-19-8-4-3-5-9-19/h3-10,15,18,20H,11-14,16H2,1-2H3/p+1/t18-/m0/s1. The topological polar surface area (TPSA) is 43.4 Å². The summed E-state index contributed by atoms with van der Waals surface area (Å²) in [6.07, 6.45) is 3.71. The van der Waals surface area contributed by atoms with Crippen LogP contribution < -0.4 is 4.90 Å². The fourth-order valence-electron chi connectivity index (χ4n) is 4.11. The first-order valence-electron chi connectivity index (χ1n) is 9.98. The molecule has 27 heavy (non-hydrogen) atoms. The Balaban J connectivity index is 1.36. The third kappa shape index (κ3) is 4.28. The molecule has 1 N–H and O–H groups in total. The second kappa shape index (κ2) is 8.05. The molecular weight excluding hydrogens is 334 g/mol. The van der Waals surface area contributed by atoms with Gasteiger partial charge in [-0.15, -0.1) is 10.2 Å². The number of likely N-dealkylation sites (tertiary alicyclic amines) is 1. The van der Waals surface area contributed by atoms with Crippen LogP contribution in [0.1, 0.15) is 42.8 Å². The summed E-state index contributed by atoms with van der Waals surface area (Å²) < 4.78 is 6.02. The van der Waals surface area contributed by atoms with Crippen molar-refractivity contribution in [2.45, 2.75) is 39.2 Å². The van der Waals surface area contributed by atoms with E-state index in [1.807, 2.05) is 12.1 Å². The van der Waals surface area contributed by atoms with Gasteiger partial charge < -0.3 is 9.32 Å². The van der Waals surface area contributed by atoms with Crippen molar-refractivity contribution in [3.05, 3.63) is 71.6 Å². The number of aromatic nitrogens is 2. The van der Waals surface area contributed by atoms with E-state index in [-0.39, 0.29) is 6.04 Å². The number of piperidine rings is 1. The minimum Gasteiger partial charge on any atom is -0.415 e. The Hall–Kier alpha value is -2.46. The van der Waals surface area contributed by atoms with Gasteiger partial charge in [0.1, 0.15) is 0 Å². The van der Waals surface area contributed by atoms with Gasteiger partial charge in [0.25, 0.3) is 5.89 Å². The predicted molar refractivity (Wildman–Crippen MR) is 106 cm³/mol. The number of rotatable bonds is 5. The van der Waals surface area contributed by atoms with Gasteiger partial charge >= 0.3 is 0 Å². The molecular formula is C23H28N3O+. The normalized spacial score (nSPS) is 21.1. The Morgan fingerprint density at radius 2 is 1.81 bits per heavy atom. The molecule has 1 atom stereocenters. The van der Waals surface area contributed by atoms with Crippen LogP contribution in [-0.4, -0.2) is 23.3 Å². The van der Waals surface area contributed by atoms with Crippen LogP contribution in [0.3, 0.4) is 0 Å². The van der Waals surface area contributed by atoms with Gasteiger partial charge in [-0.3, -0.25) is 0 Å². The van der Waals surface area contributed by atoms with Gasteiger partial charge in [-0.05, 0) is 56.7 Å². The fraction of sp³-hybridized carbons (Fsp3) is 0.391. The number of hydrogen-bond acceptors (Lipinski definition) is 3. The van der Waals surface area contributed by atoms with E-state index in [1.165, 1.54) is 43.5 Å². The SMILES string of the molecule is Cc1cccc(-c2nnc([C@H](C)[NH+]3CCC(Cc4ccccc4)CC3)o2)c1. The van der Waals surface area contributed by atoms with Gasteiger partial charge in [0.05, 0.1) is 13.1 Å². The van der Waals surface area contributed by atoms with Crippen molar-refractivity contribution in [2.24, 2.45) is 5.92 Å². The molecule has 1 aliphatic heterocycles. The zero-order valence-electron chi connectivity index (χ0n) is 16.2. The maximum atomic E-state index is 6.02. The van der Waals surface area contributed by atoms with E-state index in [0.29, 0.717) is 5.89 Å². The summed E-state index contributed by atoms with van der Waals surface area (Å²) in [4.78, 5) is 1.55.